The molecular formula is C16H16Cl2N2O3. The zero-order valence-electron chi connectivity index (χ0n) is 12.4. The molecule has 23 heavy (non-hydrogen) atoms. The second-order valence-corrected chi connectivity index (χ2v) is 5.39. The monoisotopic (exact) mass is 354 g/mol. The van der Waals surface area contributed by atoms with E-state index < -0.39 is 0 Å². The summed E-state index contributed by atoms with van der Waals surface area (Å²) in [5.74, 6) is 0.706. The normalized spacial score (nSPS) is 10.2. The molecule has 5 nitrogen and oxygen atoms in total. The predicted molar refractivity (Wildman–Crippen MR) is 92.9 cm³/mol. The van der Waals surface area contributed by atoms with Crippen molar-refractivity contribution >= 4 is 40.6 Å². The number of hydrogen-bond donors (Lipinski definition) is 2. The summed E-state index contributed by atoms with van der Waals surface area (Å²) in [6.07, 6.45) is 0. The number of urea groups is 1. The molecule has 0 fully saturated rings. The molecule has 2 aromatic rings. The molecule has 0 aliphatic rings. The van der Waals surface area contributed by atoms with Crippen molar-refractivity contribution in [2.24, 2.45) is 0 Å². The van der Waals surface area contributed by atoms with E-state index in [1.807, 2.05) is 0 Å². The number of nitrogens with one attached hydrogen (secondary N) is 2. The minimum Gasteiger partial charge on any atom is -0.491 e. The van der Waals surface area contributed by atoms with Gasteiger partial charge < -0.3 is 20.1 Å². The zero-order valence-corrected chi connectivity index (χ0v) is 13.9. The summed E-state index contributed by atoms with van der Waals surface area (Å²) in [6, 6.07) is 11.5. The molecule has 0 bridgehead atoms. The quantitative estimate of drug-likeness (QED) is 0.741. The van der Waals surface area contributed by atoms with Crippen molar-refractivity contribution in [2.75, 3.05) is 31.0 Å². The average molecular weight is 355 g/mol. The van der Waals surface area contributed by atoms with Crippen LogP contribution in [0.1, 0.15) is 0 Å². The van der Waals surface area contributed by atoms with Gasteiger partial charge in [0.1, 0.15) is 12.4 Å². The predicted octanol–water partition coefficient (Wildman–Crippen LogP) is 4.66. The number of halogens is 2. The summed E-state index contributed by atoms with van der Waals surface area (Å²) in [6.45, 7) is 0.993. The lowest BCUT2D eigenvalue weighted by Gasteiger charge is -2.09. The van der Waals surface area contributed by atoms with Crippen molar-refractivity contribution in [3.63, 3.8) is 0 Å². The molecule has 0 radical (unpaired) electrons. The lowest BCUT2D eigenvalue weighted by Crippen LogP contribution is -2.19. The van der Waals surface area contributed by atoms with Crippen LogP contribution in [0.2, 0.25) is 10.0 Å². The first kappa shape index (κ1) is 17.4. The molecule has 2 amide bonds. The maximum atomic E-state index is 11.9. The molecule has 7 heteroatoms. The minimum atomic E-state index is -0.378. The number of methoxy groups -OCH3 is 1. The first-order valence-electron chi connectivity index (χ1n) is 6.83. The highest BCUT2D eigenvalue weighted by atomic mass is 35.5. The van der Waals surface area contributed by atoms with Gasteiger partial charge in [0.05, 0.1) is 16.7 Å². The van der Waals surface area contributed by atoms with Crippen LogP contribution in [0.15, 0.2) is 42.5 Å². The Hall–Kier alpha value is -1.95. The maximum absolute atomic E-state index is 11.9. The van der Waals surface area contributed by atoms with Gasteiger partial charge in [0.25, 0.3) is 0 Å². The number of rotatable bonds is 6. The molecule has 122 valence electrons. The van der Waals surface area contributed by atoms with Gasteiger partial charge in [0.2, 0.25) is 0 Å². The lowest BCUT2D eigenvalue weighted by atomic mass is 10.3. The van der Waals surface area contributed by atoms with Crippen LogP contribution in [-0.2, 0) is 4.74 Å². The molecule has 2 aromatic carbocycles. The molecule has 0 aliphatic carbocycles. The topological polar surface area (TPSA) is 59.6 Å². The Labute approximate surface area is 144 Å². The van der Waals surface area contributed by atoms with Gasteiger partial charge in [-0.25, -0.2) is 4.79 Å². The van der Waals surface area contributed by atoms with Crippen molar-refractivity contribution in [3.05, 3.63) is 52.5 Å². The van der Waals surface area contributed by atoms with Crippen LogP contribution in [-0.4, -0.2) is 26.4 Å². The number of anilines is 2. The minimum absolute atomic E-state index is 0.377. The summed E-state index contributed by atoms with van der Waals surface area (Å²) in [5, 5.41) is 6.20. The van der Waals surface area contributed by atoms with E-state index >= 15 is 0 Å². The molecule has 0 unspecified atom stereocenters. The fraction of sp³-hybridized carbons (Fsp3) is 0.188. The van der Waals surface area contributed by atoms with Crippen LogP contribution in [0.5, 0.6) is 5.75 Å². The summed E-state index contributed by atoms with van der Waals surface area (Å²) in [7, 11) is 1.61. The Morgan fingerprint density at radius 3 is 2.26 bits per heavy atom. The number of benzene rings is 2. The van der Waals surface area contributed by atoms with Gasteiger partial charge in [-0.05, 0) is 42.5 Å². The van der Waals surface area contributed by atoms with Crippen molar-refractivity contribution < 1.29 is 14.3 Å². The third kappa shape index (κ3) is 5.63. The lowest BCUT2D eigenvalue weighted by molar-refractivity contribution is 0.146. The first-order valence-corrected chi connectivity index (χ1v) is 7.59. The Bertz CT molecular complexity index is 663. The second kappa shape index (κ2) is 8.62. The Kier molecular flexibility index (Phi) is 6.52. The van der Waals surface area contributed by atoms with Crippen molar-refractivity contribution in [2.45, 2.75) is 0 Å². The van der Waals surface area contributed by atoms with E-state index in [4.69, 9.17) is 32.7 Å². The number of amides is 2. The van der Waals surface area contributed by atoms with E-state index in [9.17, 15) is 4.79 Å². The number of hydrogen-bond acceptors (Lipinski definition) is 3. The van der Waals surface area contributed by atoms with Crippen LogP contribution in [0.3, 0.4) is 0 Å². The van der Waals surface area contributed by atoms with E-state index in [0.29, 0.717) is 40.4 Å². The average Bonchev–Trinajstić information content (AvgIpc) is 2.53. The Balaban J connectivity index is 1.88. The molecule has 2 rings (SSSR count). The van der Waals surface area contributed by atoms with Gasteiger partial charge in [-0.1, -0.05) is 23.2 Å². The van der Waals surface area contributed by atoms with Gasteiger partial charge in [-0.2, -0.15) is 0 Å². The fourth-order valence-electron chi connectivity index (χ4n) is 1.74. The second-order valence-electron chi connectivity index (χ2n) is 4.57. The van der Waals surface area contributed by atoms with Gasteiger partial charge in [-0.3, -0.25) is 0 Å². The van der Waals surface area contributed by atoms with E-state index in [2.05, 4.69) is 10.6 Å². The molecule has 0 saturated carbocycles. The zero-order chi connectivity index (χ0) is 16.7. The van der Waals surface area contributed by atoms with Gasteiger partial charge in [-0.15, -0.1) is 0 Å². The summed E-state index contributed by atoms with van der Waals surface area (Å²) in [4.78, 5) is 11.9. The molecule has 2 N–H and O–H groups in total. The third-order valence-electron chi connectivity index (χ3n) is 2.85. The smallest absolute Gasteiger partial charge is 0.323 e. The van der Waals surface area contributed by atoms with E-state index in [0.717, 1.165) is 0 Å². The highest BCUT2D eigenvalue weighted by molar-refractivity contribution is 6.42. The SMILES string of the molecule is COCCOc1ccc(NC(=O)Nc2ccc(Cl)c(Cl)c2)cc1. The molecular weight excluding hydrogens is 339 g/mol. The summed E-state index contributed by atoms with van der Waals surface area (Å²) in [5.41, 5.74) is 1.19. The highest BCUT2D eigenvalue weighted by Crippen LogP contribution is 2.25. The van der Waals surface area contributed by atoms with Crippen LogP contribution < -0.4 is 15.4 Å². The molecule has 0 saturated heterocycles. The Morgan fingerprint density at radius 1 is 0.957 bits per heavy atom. The van der Waals surface area contributed by atoms with Crippen molar-refractivity contribution in [1.82, 2.24) is 0 Å². The maximum Gasteiger partial charge on any atom is 0.323 e. The van der Waals surface area contributed by atoms with Gasteiger partial charge >= 0.3 is 6.03 Å². The number of ether oxygens (including phenoxy) is 2. The highest BCUT2D eigenvalue weighted by Gasteiger charge is 2.05. The van der Waals surface area contributed by atoms with Crippen molar-refractivity contribution in [3.8, 4) is 5.75 Å². The molecule has 0 heterocycles. The van der Waals surface area contributed by atoms with Crippen LogP contribution in [0.25, 0.3) is 0 Å². The van der Waals surface area contributed by atoms with Gasteiger partial charge in [0, 0.05) is 18.5 Å². The first-order chi connectivity index (χ1) is 11.1. The van der Waals surface area contributed by atoms with Crippen molar-refractivity contribution in [1.29, 1.82) is 0 Å². The van der Waals surface area contributed by atoms with Gasteiger partial charge in [0.15, 0.2) is 0 Å². The molecule has 0 spiro atoms. The number of carbonyl (C=O) groups excluding carboxylic acids is 1. The van der Waals surface area contributed by atoms with E-state index in [1.165, 1.54) is 0 Å². The summed E-state index contributed by atoms with van der Waals surface area (Å²) < 4.78 is 10.4. The number of carbonyl (C=O) groups is 1. The third-order valence-corrected chi connectivity index (χ3v) is 3.58. The standard InChI is InChI=1S/C16H16Cl2N2O3/c1-22-8-9-23-13-5-2-11(3-6-13)19-16(21)20-12-4-7-14(17)15(18)10-12/h2-7,10H,8-9H2,1H3,(H2,19,20,21). The van der Waals surface area contributed by atoms with Crippen LogP contribution in [0, 0.1) is 0 Å². The van der Waals surface area contributed by atoms with Crippen LogP contribution >= 0.6 is 23.2 Å². The molecule has 0 aromatic heterocycles. The van der Waals surface area contributed by atoms with E-state index in [1.54, 1.807) is 49.6 Å². The molecule has 0 atom stereocenters. The fourth-order valence-corrected chi connectivity index (χ4v) is 2.04. The van der Waals surface area contributed by atoms with E-state index in [-0.39, 0.29) is 6.03 Å². The molecule has 0 aliphatic heterocycles. The Morgan fingerprint density at radius 2 is 1.61 bits per heavy atom. The summed E-state index contributed by atoms with van der Waals surface area (Å²) >= 11 is 11.7. The largest absolute Gasteiger partial charge is 0.491 e. The van der Waals surface area contributed by atoms with Crippen LogP contribution in [0.4, 0.5) is 16.2 Å².